The normalized spacial score (nSPS) is 17.5. The first kappa shape index (κ1) is 20.1. The summed E-state index contributed by atoms with van der Waals surface area (Å²) in [5, 5.41) is 16.2. The van der Waals surface area contributed by atoms with Gasteiger partial charge in [-0.15, -0.1) is 0 Å². The van der Waals surface area contributed by atoms with Gasteiger partial charge in [0.25, 0.3) is 5.91 Å². The third-order valence-corrected chi connectivity index (χ3v) is 4.43. The van der Waals surface area contributed by atoms with Crippen LogP contribution in [0.15, 0.2) is 42.6 Å². The van der Waals surface area contributed by atoms with Crippen molar-refractivity contribution in [1.82, 2.24) is 15.6 Å². The molecule has 1 amide bonds. The van der Waals surface area contributed by atoms with E-state index in [2.05, 4.69) is 20.4 Å². The second-order valence-corrected chi connectivity index (χ2v) is 6.53. The second-order valence-electron chi connectivity index (χ2n) is 6.53. The molecule has 9 heteroatoms. The molecular weight excluding hydrogens is 375 g/mol. The van der Waals surface area contributed by atoms with Crippen LogP contribution in [-0.2, 0) is 13.0 Å². The van der Waals surface area contributed by atoms with Gasteiger partial charge in [0.05, 0.1) is 11.7 Å². The lowest BCUT2D eigenvalue weighted by atomic mass is 9.93. The predicted molar refractivity (Wildman–Crippen MR) is 94.9 cm³/mol. The number of alkyl halides is 3. The fraction of sp³-hybridized carbons (Fsp3) is 0.368. The number of benzene rings is 1. The molecule has 6 nitrogen and oxygen atoms in total. The Balaban J connectivity index is 1.48. The molecule has 0 saturated heterocycles. The number of fused-ring (bicyclic) bond motifs is 1. The maximum absolute atomic E-state index is 12.2. The predicted octanol–water partition coefficient (Wildman–Crippen LogP) is 1.83. The highest BCUT2D eigenvalue weighted by molar-refractivity contribution is 5.93. The van der Waals surface area contributed by atoms with Gasteiger partial charge in [-0.05, 0) is 23.6 Å². The van der Waals surface area contributed by atoms with E-state index < -0.39 is 24.8 Å². The molecule has 150 valence electrons. The SMILES string of the molecule is O=C(NCC(O)C1Cc2ccccc2CN1)c1ccc(OCC(F)(F)F)nc1. The van der Waals surface area contributed by atoms with Gasteiger partial charge in [-0.3, -0.25) is 4.79 Å². The zero-order chi connectivity index (χ0) is 20.1. The van der Waals surface area contributed by atoms with Crippen molar-refractivity contribution >= 4 is 5.91 Å². The highest BCUT2D eigenvalue weighted by atomic mass is 19.4. The van der Waals surface area contributed by atoms with E-state index in [1.54, 1.807) is 0 Å². The fourth-order valence-electron chi connectivity index (χ4n) is 2.95. The van der Waals surface area contributed by atoms with Gasteiger partial charge in [-0.2, -0.15) is 13.2 Å². The van der Waals surface area contributed by atoms with Gasteiger partial charge in [0.2, 0.25) is 5.88 Å². The number of amides is 1. The standard InChI is InChI=1S/C19H20F3N3O3/c20-19(21,22)11-28-17-6-5-14(9-24-17)18(27)25-10-16(26)15-7-12-3-1-2-4-13(12)8-23-15/h1-6,9,15-16,23,26H,7-8,10-11H2,(H,25,27). The minimum absolute atomic E-state index is 0.0327. The van der Waals surface area contributed by atoms with Crippen LogP contribution in [0.3, 0.4) is 0 Å². The molecule has 0 fully saturated rings. The summed E-state index contributed by atoms with van der Waals surface area (Å²) >= 11 is 0. The van der Waals surface area contributed by atoms with Crippen LogP contribution in [0.2, 0.25) is 0 Å². The molecule has 0 spiro atoms. The highest BCUT2D eigenvalue weighted by Gasteiger charge is 2.28. The van der Waals surface area contributed by atoms with Crippen LogP contribution < -0.4 is 15.4 Å². The topological polar surface area (TPSA) is 83.5 Å². The summed E-state index contributed by atoms with van der Waals surface area (Å²) < 4.78 is 40.8. The molecule has 1 aromatic carbocycles. The number of nitrogens with zero attached hydrogens (tertiary/aromatic N) is 1. The summed E-state index contributed by atoms with van der Waals surface area (Å²) in [6, 6.07) is 10.3. The molecule has 3 N–H and O–H groups in total. The van der Waals surface area contributed by atoms with E-state index in [9.17, 15) is 23.1 Å². The number of carbonyl (C=O) groups is 1. The summed E-state index contributed by atoms with van der Waals surface area (Å²) in [4.78, 5) is 15.8. The summed E-state index contributed by atoms with van der Waals surface area (Å²) in [5.74, 6) is -0.705. The maximum Gasteiger partial charge on any atom is 0.422 e. The molecule has 1 aliphatic rings. The van der Waals surface area contributed by atoms with Gasteiger partial charge in [0.15, 0.2) is 6.61 Å². The molecule has 0 bridgehead atoms. The first-order valence-electron chi connectivity index (χ1n) is 8.74. The van der Waals surface area contributed by atoms with E-state index in [0.717, 1.165) is 11.8 Å². The van der Waals surface area contributed by atoms with Crippen LogP contribution >= 0.6 is 0 Å². The Morgan fingerprint density at radius 3 is 2.71 bits per heavy atom. The van der Waals surface area contributed by atoms with E-state index in [1.807, 2.05) is 24.3 Å². The smallest absolute Gasteiger partial charge is 0.422 e. The number of hydrogen-bond acceptors (Lipinski definition) is 5. The van der Waals surface area contributed by atoms with E-state index >= 15 is 0 Å². The number of pyridine rings is 1. The maximum atomic E-state index is 12.2. The van der Waals surface area contributed by atoms with Crippen molar-refractivity contribution in [3.8, 4) is 5.88 Å². The number of rotatable bonds is 6. The van der Waals surface area contributed by atoms with Crippen molar-refractivity contribution in [3.05, 3.63) is 59.3 Å². The van der Waals surface area contributed by atoms with Crippen molar-refractivity contribution in [2.75, 3.05) is 13.2 Å². The zero-order valence-corrected chi connectivity index (χ0v) is 14.9. The Kier molecular flexibility index (Phi) is 6.15. The number of carbonyl (C=O) groups excluding carboxylic acids is 1. The van der Waals surface area contributed by atoms with Crippen LogP contribution in [0.5, 0.6) is 5.88 Å². The number of nitrogens with one attached hydrogen (secondary N) is 2. The highest BCUT2D eigenvalue weighted by Crippen LogP contribution is 2.18. The minimum Gasteiger partial charge on any atom is -0.468 e. The van der Waals surface area contributed by atoms with Gasteiger partial charge in [0.1, 0.15) is 0 Å². The second kappa shape index (κ2) is 8.57. The van der Waals surface area contributed by atoms with Gasteiger partial charge < -0.3 is 20.5 Å². The lowest BCUT2D eigenvalue weighted by molar-refractivity contribution is -0.154. The van der Waals surface area contributed by atoms with Crippen LogP contribution in [0.25, 0.3) is 0 Å². The number of ether oxygens (including phenoxy) is 1. The number of hydrogen-bond donors (Lipinski definition) is 3. The lowest BCUT2D eigenvalue weighted by Gasteiger charge is -2.30. The molecule has 2 heterocycles. The average Bonchev–Trinajstić information content (AvgIpc) is 2.69. The van der Waals surface area contributed by atoms with E-state index in [1.165, 1.54) is 17.7 Å². The molecule has 1 aliphatic heterocycles. The van der Waals surface area contributed by atoms with Crippen molar-refractivity contribution in [2.45, 2.75) is 31.3 Å². The minimum atomic E-state index is -4.46. The summed E-state index contributed by atoms with van der Waals surface area (Å²) in [5.41, 5.74) is 2.51. The lowest BCUT2D eigenvalue weighted by Crippen LogP contribution is -2.49. The van der Waals surface area contributed by atoms with Crippen LogP contribution in [0.1, 0.15) is 21.5 Å². The van der Waals surface area contributed by atoms with Crippen molar-refractivity contribution in [3.63, 3.8) is 0 Å². The Labute approximate surface area is 159 Å². The van der Waals surface area contributed by atoms with Gasteiger partial charge in [0, 0.05) is 31.4 Å². The Hall–Kier alpha value is -2.65. The van der Waals surface area contributed by atoms with E-state index in [4.69, 9.17) is 0 Å². The summed E-state index contributed by atoms with van der Waals surface area (Å²) in [7, 11) is 0. The molecule has 3 rings (SSSR count). The number of aromatic nitrogens is 1. The van der Waals surface area contributed by atoms with Gasteiger partial charge >= 0.3 is 6.18 Å². The third-order valence-electron chi connectivity index (χ3n) is 4.43. The first-order chi connectivity index (χ1) is 13.3. The number of aliphatic hydroxyl groups excluding tert-OH is 1. The molecule has 28 heavy (non-hydrogen) atoms. The van der Waals surface area contributed by atoms with Crippen LogP contribution in [0.4, 0.5) is 13.2 Å². The summed E-state index contributed by atoms with van der Waals surface area (Å²) in [6.45, 7) is -0.768. The molecule has 0 aliphatic carbocycles. The van der Waals surface area contributed by atoms with Crippen molar-refractivity contribution in [2.24, 2.45) is 0 Å². The quantitative estimate of drug-likeness (QED) is 0.695. The number of halogens is 3. The summed E-state index contributed by atoms with van der Waals surface area (Å²) in [6.07, 6.45) is -3.47. The fourth-order valence-corrected chi connectivity index (χ4v) is 2.95. The first-order valence-corrected chi connectivity index (χ1v) is 8.74. The van der Waals surface area contributed by atoms with Gasteiger partial charge in [-0.25, -0.2) is 4.98 Å². The van der Waals surface area contributed by atoms with Crippen molar-refractivity contribution in [1.29, 1.82) is 0 Å². The third kappa shape index (κ3) is 5.43. The van der Waals surface area contributed by atoms with Crippen LogP contribution in [0, 0.1) is 0 Å². The molecule has 0 radical (unpaired) electrons. The zero-order valence-electron chi connectivity index (χ0n) is 14.9. The molecule has 0 saturated carbocycles. The molecule has 1 aromatic heterocycles. The molecular formula is C19H20F3N3O3. The number of aliphatic hydroxyl groups is 1. The molecule has 2 atom stereocenters. The average molecular weight is 395 g/mol. The van der Waals surface area contributed by atoms with Crippen molar-refractivity contribution < 1.29 is 27.8 Å². The Morgan fingerprint density at radius 2 is 2.04 bits per heavy atom. The van der Waals surface area contributed by atoms with E-state index in [-0.39, 0.29) is 24.0 Å². The van der Waals surface area contributed by atoms with Gasteiger partial charge in [-0.1, -0.05) is 24.3 Å². The molecule has 2 aromatic rings. The van der Waals surface area contributed by atoms with Crippen LogP contribution in [-0.4, -0.2) is 47.5 Å². The Bertz CT molecular complexity index is 812. The molecule has 2 unspecified atom stereocenters. The monoisotopic (exact) mass is 395 g/mol. The largest absolute Gasteiger partial charge is 0.468 e. The van der Waals surface area contributed by atoms with E-state index in [0.29, 0.717) is 13.0 Å². The Morgan fingerprint density at radius 1 is 1.29 bits per heavy atom.